The van der Waals surface area contributed by atoms with E-state index in [1.54, 1.807) is 19.2 Å². The topological polar surface area (TPSA) is 59.1 Å². The fraction of sp³-hybridized carbons (Fsp3) is 0.158. The van der Waals surface area contributed by atoms with Gasteiger partial charge in [0.05, 0.1) is 7.11 Å². The molecular weight excluding hydrogens is 319 g/mol. The van der Waals surface area contributed by atoms with E-state index in [1.165, 1.54) is 12.1 Å². The molecule has 0 amide bonds. The van der Waals surface area contributed by atoms with Crippen molar-refractivity contribution in [3.63, 3.8) is 0 Å². The first-order valence-electron chi connectivity index (χ1n) is 7.88. The van der Waals surface area contributed by atoms with Gasteiger partial charge in [-0.1, -0.05) is 24.3 Å². The number of rotatable bonds is 6. The number of hydrogen-bond acceptors (Lipinski definition) is 5. The fourth-order valence-electron chi connectivity index (χ4n) is 2.45. The van der Waals surface area contributed by atoms with Crippen LogP contribution in [0.2, 0.25) is 0 Å². The van der Waals surface area contributed by atoms with Crippen LogP contribution in [0.4, 0.5) is 21.8 Å². The molecule has 0 spiro atoms. The second-order valence-corrected chi connectivity index (χ2v) is 5.52. The van der Waals surface area contributed by atoms with Gasteiger partial charge in [0, 0.05) is 29.6 Å². The molecule has 3 rings (SSSR count). The number of methoxy groups -OCH3 is 1. The minimum atomic E-state index is -0.313. The minimum absolute atomic E-state index is 0.313. The highest BCUT2D eigenvalue weighted by atomic mass is 19.1. The molecule has 0 aliphatic rings. The molecule has 0 fully saturated rings. The third kappa shape index (κ3) is 4.44. The van der Waals surface area contributed by atoms with Crippen LogP contribution in [0.1, 0.15) is 11.3 Å². The van der Waals surface area contributed by atoms with E-state index in [1.807, 2.05) is 37.3 Å². The Labute approximate surface area is 145 Å². The second-order valence-electron chi connectivity index (χ2n) is 5.52. The van der Waals surface area contributed by atoms with Gasteiger partial charge in [-0.3, -0.25) is 0 Å². The Morgan fingerprint density at radius 3 is 2.68 bits per heavy atom. The largest absolute Gasteiger partial charge is 0.496 e. The van der Waals surface area contributed by atoms with E-state index >= 15 is 0 Å². The fourth-order valence-corrected chi connectivity index (χ4v) is 2.45. The van der Waals surface area contributed by atoms with E-state index in [-0.39, 0.29) is 5.82 Å². The molecule has 2 N–H and O–H groups in total. The van der Waals surface area contributed by atoms with E-state index in [2.05, 4.69) is 20.6 Å². The van der Waals surface area contributed by atoms with Crippen LogP contribution >= 0.6 is 0 Å². The number of aromatic nitrogens is 2. The molecule has 0 aliphatic heterocycles. The van der Waals surface area contributed by atoms with E-state index in [4.69, 9.17) is 4.74 Å². The molecular formula is C19H19FN4O. The maximum atomic E-state index is 13.3. The monoisotopic (exact) mass is 338 g/mol. The van der Waals surface area contributed by atoms with Crippen molar-refractivity contribution in [2.45, 2.75) is 13.5 Å². The standard InChI is InChI=1S/C19H19FN4O/c1-13-10-18(21-12-14-6-3-4-9-17(14)25-2)24-19(22-13)23-16-8-5-7-15(20)11-16/h3-11H,12H2,1-2H3,(H2,21,22,23,24). The van der Waals surface area contributed by atoms with Crippen LogP contribution in [0, 0.1) is 12.7 Å². The molecule has 3 aromatic rings. The first kappa shape index (κ1) is 16.7. The number of halogens is 1. The van der Waals surface area contributed by atoms with Crippen LogP contribution in [0.5, 0.6) is 5.75 Å². The third-order valence-corrected chi connectivity index (χ3v) is 3.59. The number of benzene rings is 2. The maximum Gasteiger partial charge on any atom is 0.229 e. The van der Waals surface area contributed by atoms with Crippen molar-refractivity contribution in [1.29, 1.82) is 0 Å². The lowest BCUT2D eigenvalue weighted by molar-refractivity contribution is 0.410. The van der Waals surface area contributed by atoms with Gasteiger partial charge in [0.15, 0.2) is 0 Å². The van der Waals surface area contributed by atoms with E-state index in [0.717, 1.165) is 17.0 Å². The average Bonchev–Trinajstić information content (AvgIpc) is 2.60. The molecule has 0 aliphatic carbocycles. The minimum Gasteiger partial charge on any atom is -0.496 e. The maximum absolute atomic E-state index is 13.3. The predicted molar refractivity (Wildman–Crippen MR) is 96.8 cm³/mol. The highest BCUT2D eigenvalue weighted by Gasteiger charge is 2.06. The zero-order valence-electron chi connectivity index (χ0n) is 14.1. The number of para-hydroxylation sites is 1. The average molecular weight is 338 g/mol. The lowest BCUT2D eigenvalue weighted by atomic mass is 10.2. The number of hydrogen-bond donors (Lipinski definition) is 2. The van der Waals surface area contributed by atoms with Gasteiger partial charge in [0.25, 0.3) is 0 Å². The Bertz CT molecular complexity index is 870. The summed E-state index contributed by atoms with van der Waals surface area (Å²) in [4.78, 5) is 8.77. The van der Waals surface area contributed by atoms with Gasteiger partial charge in [-0.25, -0.2) is 9.37 Å². The summed E-state index contributed by atoms with van der Waals surface area (Å²) >= 11 is 0. The molecule has 6 heteroatoms. The van der Waals surface area contributed by atoms with Crippen molar-refractivity contribution in [3.8, 4) is 5.75 Å². The van der Waals surface area contributed by atoms with Crippen LogP contribution in [0.25, 0.3) is 0 Å². The van der Waals surface area contributed by atoms with Crippen LogP contribution in [0.3, 0.4) is 0 Å². The van der Waals surface area contributed by atoms with E-state index in [9.17, 15) is 4.39 Å². The Balaban J connectivity index is 1.75. The van der Waals surface area contributed by atoms with Crippen LogP contribution < -0.4 is 15.4 Å². The van der Waals surface area contributed by atoms with E-state index < -0.39 is 0 Å². The predicted octanol–water partition coefficient (Wildman–Crippen LogP) is 4.29. The molecule has 0 radical (unpaired) electrons. The van der Waals surface area contributed by atoms with Gasteiger partial charge in [-0.2, -0.15) is 4.98 Å². The van der Waals surface area contributed by atoms with E-state index in [0.29, 0.717) is 24.0 Å². The summed E-state index contributed by atoms with van der Waals surface area (Å²) in [7, 11) is 1.65. The van der Waals surface area contributed by atoms with Gasteiger partial charge < -0.3 is 15.4 Å². The molecule has 0 bridgehead atoms. The highest BCUT2D eigenvalue weighted by molar-refractivity contribution is 5.55. The van der Waals surface area contributed by atoms with Crippen molar-refractivity contribution in [1.82, 2.24) is 9.97 Å². The molecule has 1 aromatic heterocycles. The van der Waals surface area contributed by atoms with Gasteiger partial charge in [0.2, 0.25) is 5.95 Å². The summed E-state index contributed by atoms with van der Waals surface area (Å²) in [5, 5.41) is 6.29. The molecule has 5 nitrogen and oxygen atoms in total. The van der Waals surface area contributed by atoms with Gasteiger partial charge in [-0.05, 0) is 31.2 Å². The number of ether oxygens (including phenoxy) is 1. The molecule has 0 saturated heterocycles. The highest BCUT2D eigenvalue weighted by Crippen LogP contribution is 2.20. The molecule has 1 heterocycles. The Hall–Kier alpha value is -3.15. The first-order chi connectivity index (χ1) is 12.1. The third-order valence-electron chi connectivity index (χ3n) is 3.59. The lowest BCUT2D eigenvalue weighted by Crippen LogP contribution is -2.06. The summed E-state index contributed by atoms with van der Waals surface area (Å²) in [5.41, 5.74) is 2.43. The van der Waals surface area contributed by atoms with Crippen LogP contribution in [-0.2, 0) is 6.54 Å². The Morgan fingerprint density at radius 2 is 1.88 bits per heavy atom. The van der Waals surface area contributed by atoms with Crippen molar-refractivity contribution in [2.24, 2.45) is 0 Å². The quantitative estimate of drug-likeness (QED) is 0.702. The summed E-state index contributed by atoms with van der Waals surface area (Å²) in [6.45, 7) is 2.45. The van der Waals surface area contributed by atoms with Crippen LogP contribution in [0.15, 0.2) is 54.6 Å². The summed E-state index contributed by atoms with van der Waals surface area (Å²) in [6, 6.07) is 15.8. The number of anilines is 3. The zero-order valence-corrected chi connectivity index (χ0v) is 14.1. The molecule has 0 unspecified atom stereocenters. The van der Waals surface area contributed by atoms with Gasteiger partial charge >= 0.3 is 0 Å². The molecule has 2 aromatic carbocycles. The van der Waals surface area contributed by atoms with Crippen molar-refractivity contribution < 1.29 is 9.13 Å². The lowest BCUT2D eigenvalue weighted by Gasteiger charge is -2.12. The second kappa shape index (κ2) is 7.61. The smallest absolute Gasteiger partial charge is 0.229 e. The van der Waals surface area contributed by atoms with Gasteiger partial charge in [-0.15, -0.1) is 0 Å². The number of aryl methyl sites for hydroxylation is 1. The first-order valence-corrected chi connectivity index (χ1v) is 7.88. The van der Waals surface area contributed by atoms with Gasteiger partial charge in [0.1, 0.15) is 17.4 Å². The number of nitrogens with one attached hydrogen (secondary N) is 2. The normalized spacial score (nSPS) is 10.4. The van der Waals surface area contributed by atoms with Crippen molar-refractivity contribution in [3.05, 3.63) is 71.7 Å². The Morgan fingerprint density at radius 1 is 1.04 bits per heavy atom. The molecule has 0 saturated carbocycles. The molecule has 128 valence electrons. The summed E-state index contributed by atoms with van der Waals surface area (Å²) in [5.74, 6) is 1.59. The Kier molecular flexibility index (Phi) is 5.09. The molecule has 25 heavy (non-hydrogen) atoms. The van der Waals surface area contributed by atoms with Crippen molar-refractivity contribution in [2.75, 3.05) is 17.7 Å². The SMILES string of the molecule is COc1ccccc1CNc1cc(C)nc(Nc2cccc(F)c2)n1. The summed E-state index contributed by atoms with van der Waals surface area (Å²) < 4.78 is 18.7. The number of nitrogens with zero attached hydrogens (tertiary/aromatic N) is 2. The van der Waals surface area contributed by atoms with Crippen LogP contribution in [-0.4, -0.2) is 17.1 Å². The summed E-state index contributed by atoms with van der Waals surface area (Å²) in [6.07, 6.45) is 0. The zero-order chi connectivity index (χ0) is 17.6. The van der Waals surface area contributed by atoms with Crippen molar-refractivity contribution >= 4 is 17.5 Å². The molecule has 0 atom stereocenters.